The first-order valence-corrected chi connectivity index (χ1v) is 8.43. The molecule has 1 aromatic carbocycles. The van der Waals surface area contributed by atoms with Gasteiger partial charge in [-0.3, -0.25) is 9.69 Å². The van der Waals surface area contributed by atoms with Gasteiger partial charge in [-0.1, -0.05) is 36.8 Å². The van der Waals surface area contributed by atoms with Gasteiger partial charge in [0.05, 0.1) is 0 Å². The van der Waals surface area contributed by atoms with Crippen molar-refractivity contribution in [3.63, 3.8) is 0 Å². The number of allylic oxidation sites excluding steroid dienone is 1. The number of likely N-dealkylation sites (N-methyl/N-ethyl adjacent to an activating group) is 2. The molecule has 0 bridgehead atoms. The van der Waals surface area contributed by atoms with Crippen molar-refractivity contribution in [3.8, 4) is 0 Å². The van der Waals surface area contributed by atoms with Crippen LogP contribution in [-0.2, 0) is 4.79 Å². The molecule has 1 heterocycles. The van der Waals surface area contributed by atoms with Crippen molar-refractivity contribution in [2.24, 2.45) is 0 Å². The van der Waals surface area contributed by atoms with E-state index in [1.165, 1.54) is 5.56 Å². The summed E-state index contributed by atoms with van der Waals surface area (Å²) in [5.41, 5.74) is 3.44. The van der Waals surface area contributed by atoms with Crippen LogP contribution in [0.4, 0.5) is 0 Å². The molecule has 1 aromatic rings. The molecular weight excluding hydrogens is 286 g/mol. The number of nitrogens with one attached hydrogen (secondary N) is 1. The van der Waals surface area contributed by atoms with E-state index in [9.17, 15) is 4.79 Å². The van der Waals surface area contributed by atoms with Crippen LogP contribution in [0.2, 0.25) is 0 Å². The normalized spacial score (nSPS) is 20.5. The molecule has 4 nitrogen and oxygen atoms in total. The minimum Gasteiger partial charge on any atom is -0.351 e. The Morgan fingerprint density at radius 2 is 1.96 bits per heavy atom. The molecule has 1 atom stereocenters. The average molecular weight is 315 g/mol. The van der Waals surface area contributed by atoms with Crippen molar-refractivity contribution in [1.82, 2.24) is 15.1 Å². The fourth-order valence-electron chi connectivity index (χ4n) is 2.91. The molecule has 1 aliphatic heterocycles. The summed E-state index contributed by atoms with van der Waals surface area (Å²) in [4.78, 5) is 16.9. The molecular formula is C19H29N3O. The van der Waals surface area contributed by atoms with Crippen LogP contribution < -0.4 is 5.32 Å². The maximum atomic E-state index is 12.3. The minimum atomic E-state index is 0.00375. The molecule has 23 heavy (non-hydrogen) atoms. The summed E-state index contributed by atoms with van der Waals surface area (Å²) in [6, 6.07) is 8.73. The second-order valence-electron chi connectivity index (χ2n) is 6.53. The highest BCUT2D eigenvalue weighted by Gasteiger charge is 2.22. The average Bonchev–Trinajstić information content (AvgIpc) is 2.54. The number of aryl methyl sites for hydroxylation is 1. The van der Waals surface area contributed by atoms with Gasteiger partial charge in [0, 0.05) is 38.3 Å². The van der Waals surface area contributed by atoms with Crippen LogP contribution in [0.15, 0.2) is 30.3 Å². The Balaban J connectivity index is 1.94. The predicted octanol–water partition coefficient (Wildman–Crippen LogP) is 2.15. The highest BCUT2D eigenvalue weighted by molar-refractivity contribution is 5.95. The SMILES string of the molecule is CC/C(=C\C(=O)NC[C@H]1CN(C)CCN1C)c1ccc(C)cc1. The third-order valence-corrected chi connectivity index (χ3v) is 4.60. The second kappa shape index (κ2) is 8.27. The quantitative estimate of drug-likeness (QED) is 0.846. The Labute approximate surface area is 140 Å². The van der Waals surface area contributed by atoms with Gasteiger partial charge in [0.1, 0.15) is 0 Å². The minimum absolute atomic E-state index is 0.00375. The maximum absolute atomic E-state index is 12.3. The molecule has 1 amide bonds. The van der Waals surface area contributed by atoms with Crippen LogP contribution in [0.1, 0.15) is 24.5 Å². The van der Waals surface area contributed by atoms with Crippen LogP contribution in [0.3, 0.4) is 0 Å². The van der Waals surface area contributed by atoms with E-state index in [-0.39, 0.29) is 5.91 Å². The molecule has 4 heteroatoms. The number of nitrogens with zero attached hydrogens (tertiary/aromatic N) is 2. The Hall–Kier alpha value is -1.65. The van der Waals surface area contributed by atoms with Crippen LogP contribution in [-0.4, -0.2) is 62.0 Å². The first-order chi connectivity index (χ1) is 11.0. The Morgan fingerprint density at radius 1 is 1.26 bits per heavy atom. The first kappa shape index (κ1) is 17.7. The van der Waals surface area contributed by atoms with E-state index >= 15 is 0 Å². The first-order valence-electron chi connectivity index (χ1n) is 8.43. The van der Waals surface area contributed by atoms with E-state index in [0.29, 0.717) is 12.6 Å². The number of benzene rings is 1. The van der Waals surface area contributed by atoms with E-state index in [1.54, 1.807) is 6.08 Å². The third-order valence-electron chi connectivity index (χ3n) is 4.60. The van der Waals surface area contributed by atoms with Gasteiger partial charge in [0.2, 0.25) is 5.91 Å². The van der Waals surface area contributed by atoms with Gasteiger partial charge < -0.3 is 10.2 Å². The van der Waals surface area contributed by atoms with Crippen molar-refractivity contribution in [2.45, 2.75) is 26.3 Å². The summed E-state index contributed by atoms with van der Waals surface area (Å²) >= 11 is 0. The number of hydrogen-bond acceptors (Lipinski definition) is 3. The molecule has 0 unspecified atom stereocenters. The lowest BCUT2D eigenvalue weighted by Crippen LogP contribution is -2.54. The molecule has 0 aromatic heterocycles. The predicted molar refractivity (Wildman–Crippen MR) is 96.4 cm³/mol. The summed E-state index contributed by atoms with van der Waals surface area (Å²) < 4.78 is 0. The largest absolute Gasteiger partial charge is 0.351 e. The van der Waals surface area contributed by atoms with Gasteiger partial charge in [0.25, 0.3) is 0 Å². The van der Waals surface area contributed by atoms with Crippen molar-refractivity contribution >= 4 is 11.5 Å². The number of hydrogen-bond donors (Lipinski definition) is 1. The maximum Gasteiger partial charge on any atom is 0.244 e. The van der Waals surface area contributed by atoms with Gasteiger partial charge in [-0.05, 0) is 38.6 Å². The number of carbonyl (C=O) groups excluding carboxylic acids is 1. The highest BCUT2D eigenvalue weighted by atomic mass is 16.1. The number of carbonyl (C=O) groups is 1. The lowest BCUT2D eigenvalue weighted by molar-refractivity contribution is -0.116. The van der Waals surface area contributed by atoms with E-state index in [2.05, 4.69) is 67.3 Å². The fraction of sp³-hybridized carbons (Fsp3) is 0.526. The van der Waals surface area contributed by atoms with Crippen LogP contribution >= 0.6 is 0 Å². The summed E-state index contributed by atoms with van der Waals surface area (Å²) in [6.45, 7) is 8.00. The standard InChI is InChI=1S/C19H29N3O/c1-5-16(17-8-6-15(2)7-9-17)12-19(23)20-13-18-14-21(3)10-11-22(18)4/h6-9,12,18H,5,10-11,13-14H2,1-4H3,(H,20,23)/b16-12+/t18-/m0/s1. The second-order valence-corrected chi connectivity index (χ2v) is 6.53. The zero-order valence-corrected chi connectivity index (χ0v) is 14.8. The van der Waals surface area contributed by atoms with Gasteiger partial charge in [0.15, 0.2) is 0 Å². The zero-order chi connectivity index (χ0) is 16.8. The number of piperazine rings is 1. The monoisotopic (exact) mass is 315 g/mol. The molecule has 1 fully saturated rings. The summed E-state index contributed by atoms with van der Waals surface area (Å²) in [5.74, 6) is 0.00375. The molecule has 1 N–H and O–H groups in total. The highest BCUT2D eigenvalue weighted by Crippen LogP contribution is 2.18. The van der Waals surface area contributed by atoms with Crippen LogP contribution in [0, 0.1) is 6.92 Å². The summed E-state index contributed by atoms with van der Waals surface area (Å²) in [5, 5.41) is 3.07. The molecule has 2 rings (SSSR count). The van der Waals surface area contributed by atoms with E-state index in [4.69, 9.17) is 0 Å². The van der Waals surface area contributed by atoms with Crippen molar-refractivity contribution < 1.29 is 4.79 Å². The number of amides is 1. The summed E-state index contributed by atoms with van der Waals surface area (Å²) in [7, 11) is 4.26. The van der Waals surface area contributed by atoms with Gasteiger partial charge >= 0.3 is 0 Å². The number of rotatable bonds is 5. The van der Waals surface area contributed by atoms with Crippen molar-refractivity contribution in [2.75, 3.05) is 40.3 Å². The van der Waals surface area contributed by atoms with E-state index in [1.807, 2.05) is 0 Å². The lowest BCUT2D eigenvalue weighted by atomic mass is 10.0. The molecule has 0 spiro atoms. The van der Waals surface area contributed by atoms with Gasteiger partial charge in [-0.25, -0.2) is 0 Å². The van der Waals surface area contributed by atoms with E-state index < -0.39 is 0 Å². The lowest BCUT2D eigenvalue weighted by Gasteiger charge is -2.37. The molecule has 126 valence electrons. The van der Waals surface area contributed by atoms with E-state index in [0.717, 1.165) is 37.2 Å². The van der Waals surface area contributed by atoms with Gasteiger partial charge in [-0.2, -0.15) is 0 Å². The van der Waals surface area contributed by atoms with Crippen molar-refractivity contribution in [3.05, 3.63) is 41.5 Å². The van der Waals surface area contributed by atoms with Crippen LogP contribution in [0.25, 0.3) is 5.57 Å². The van der Waals surface area contributed by atoms with Crippen molar-refractivity contribution in [1.29, 1.82) is 0 Å². The molecule has 1 aliphatic rings. The summed E-state index contributed by atoms with van der Waals surface area (Å²) in [6.07, 6.45) is 2.60. The molecule has 1 saturated heterocycles. The fourth-order valence-corrected chi connectivity index (χ4v) is 2.91. The third kappa shape index (κ3) is 5.19. The van der Waals surface area contributed by atoms with Crippen LogP contribution in [0.5, 0.6) is 0 Å². The molecule has 0 saturated carbocycles. The molecule has 0 radical (unpaired) electrons. The zero-order valence-electron chi connectivity index (χ0n) is 14.8. The Bertz CT molecular complexity index is 550. The smallest absolute Gasteiger partial charge is 0.244 e. The topological polar surface area (TPSA) is 35.6 Å². The molecule has 0 aliphatic carbocycles. The Kier molecular flexibility index (Phi) is 6.37. The Morgan fingerprint density at radius 3 is 2.61 bits per heavy atom. The van der Waals surface area contributed by atoms with Gasteiger partial charge in [-0.15, -0.1) is 0 Å².